The molecular weight excluding hydrogens is 342 g/mol. The van der Waals surface area contributed by atoms with Gasteiger partial charge in [0.15, 0.2) is 24.7 Å². The summed E-state index contributed by atoms with van der Waals surface area (Å²) < 4.78 is 15.2. The minimum absolute atomic E-state index is 0.0488. The van der Waals surface area contributed by atoms with E-state index >= 15 is 0 Å². The van der Waals surface area contributed by atoms with E-state index < -0.39 is 24.1 Å². The maximum atomic E-state index is 12.0. The van der Waals surface area contributed by atoms with Gasteiger partial charge in [-0.3, -0.25) is 14.9 Å². The monoisotopic (exact) mass is 359 g/mol. The molecule has 0 aromatic heterocycles. The van der Waals surface area contributed by atoms with Gasteiger partial charge in [-0.2, -0.15) is 0 Å². The number of ketones is 1. The standard InChI is InChI=1S/C18H17NO7/c1-2-24-14-9-7-13(8-10-14)16(20)11-26-18(21)12-25-17-6-4-3-5-15(17)19(22)23/h3-10H,2,11-12H2,1H3. The topological polar surface area (TPSA) is 105 Å². The van der Waals surface area contributed by atoms with Crippen LogP contribution in [-0.2, 0) is 9.53 Å². The lowest BCUT2D eigenvalue weighted by Gasteiger charge is -2.07. The predicted molar refractivity (Wildman–Crippen MR) is 91.5 cm³/mol. The number of hydrogen-bond donors (Lipinski definition) is 0. The van der Waals surface area contributed by atoms with E-state index in [9.17, 15) is 19.7 Å². The molecule has 0 aliphatic heterocycles. The quantitative estimate of drug-likeness (QED) is 0.293. The van der Waals surface area contributed by atoms with Crippen molar-refractivity contribution in [2.75, 3.05) is 19.8 Å². The number of carbonyl (C=O) groups excluding carboxylic acids is 2. The number of benzene rings is 2. The van der Waals surface area contributed by atoms with Gasteiger partial charge in [0, 0.05) is 11.6 Å². The molecule has 0 heterocycles. The van der Waals surface area contributed by atoms with E-state index in [2.05, 4.69) is 0 Å². The highest BCUT2D eigenvalue weighted by Crippen LogP contribution is 2.25. The van der Waals surface area contributed by atoms with Crippen molar-refractivity contribution < 1.29 is 28.7 Å². The van der Waals surface area contributed by atoms with Crippen LogP contribution in [0.15, 0.2) is 48.5 Å². The van der Waals surface area contributed by atoms with E-state index in [0.717, 1.165) is 0 Å². The normalized spacial score (nSPS) is 10.0. The van der Waals surface area contributed by atoms with Crippen molar-refractivity contribution in [1.29, 1.82) is 0 Å². The molecular formula is C18H17NO7. The minimum atomic E-state index is -0.803. The molecule has 0 unspecified atom stereocenters. The fraction of sp³-hybridized carbons (Fsp3) is 0.222. The Hall–Kier alpha value is -3.42. The number of Topliss-reactive ketones (excluding diaryl/α,β-unsaturated/α-hetero) is 1. The van der Waals surface area contributed by atoms with Gasteiger partial charge in [-0.25, -0.2) is 4.79 Å². The maximum Gasteiger partial charge on any atom is 0.344 e. The summed E-state index contributed by atoms with van der Waals surface area (Å²) in [4.78, 5) is 33.9. The summed E-state index contributed by atoms with van der Waals surface area (Å²) in [6.45, 7) is 1.38. The summed E-state index contributed by atoms with van der Waals surface area (Å²) >= 11 is 0. The van der Waals surface area contributed by atoms with Gasteiger partial charge < -0.3 is 14.2 Å². The van der Waals surface area contributed by atoms with E-state index in [-0.39, 0.29) is 17.2 Å². The summed E-state index contributed by atoms with van der Waals surface area (Å²) in [6.07, 6.45) is 0. The molecule has 136 valence electrons. The Bertz CT molecular complexity index is 786. The Morgan fingerprint density at radius 3 is 2.35 bits per heavy atom. The fourth-order valence-corrected chi connectivity index (χ4v) is 2.04. The number of nitrogens with zero attached hydrogens (tertiary/aromatic N) is 1. The molecule has 2 aromatic rings. The second-order valence-electron chi connectivity index (χ2n) is 5.05. The zero-order valence-electron chi connectivity index (χ0n) is 14.0. The first-order chi connectivity index (χ1) is 12.5. The second-order valence-corrected chi connectivity index (χ2v) is 5.05. The van der Waals surface area contributed by atoms with Crippen molar-refractivity contribution in [2.24, 2.45) is 0 Å². The first-order valence-corrected chi connectivity index (χ1v) is 7.79. The minimum Gasteiger partial charge on any atom is -0.494 e. The van der Waals surface area contributed by atoms with Gasteiger partial charge >= 0.3 is 11.7 Å². The molecule has 0 atom stereocenters. The Labute approximate surface area is 149 Å². The first kappa shape index (κ1) is 18.9. The van der Waals surface area contributed by atoms with E-state index in [1.54, 1.807) is 30.3 Å². The van der Waals surface area contributed by atoms with Crippen LogP contribution >= 0.6 is 0 Å². The van der Waals surface area contributed by atoms with Crippen molar-refractivity contribution in [3.05, 3.63) is 64.2 Å². The Morgan fingerprint density at radius 2 is 1.69 bits per heavy atom. The first-order valence-electron chi connectivity index (χ1n) is 7.79. The molecule has 0 bridgehead atoms. The molecule has 0 aliphatic carbocycles. The van der Waals surface area contributed by atoms with E-state index in [0.29, 0.717) is 17.9 Å². The molecule has 2 aromatic carbocycles. The average Bonchev–Trinajstić information content (AvgIpc) is 2.65. The van der Waals surface area contributed by atoms with Crippen molar-refractivity contribution >= 4 is 17.4 Å². The van der Waals surface area contributed by atoms with Gasteiger partial charge in [0.2, 0.25) is 0 Å². The number of nitro groups is 1. The van der Waals surface area contributed by atoms with Crippen molar-refractivity contribution in [2.45, 2.75) is 6.92 Å². The molecule has 0 aliphatic rings. The van der Waals surface area contributed by atoms with Crippen LogP contribution < -0.4 is 9.47 Å². The predicted octanol–water partition coefficient (Wildman–Crippen LogP) is 2.80. The molecule has 0 amide bonds. The molecule has 0 spiro atoms. The highest BCUT2D eigenvalue weighted by molar-refractivity contribution is 5.98. The van der Waals surface area contributed by atoms with Crippen LogP contribution in [0.1, 0.15) is 17.3 Å². The molecule has 0 saturated heterocycles. The van der Waals surface area contributed by atoms with Crippen LogP contribution in [0.3, 0.4) is 0 Å². The summed E-state index contributed by atoms with van der Waals surface area (Å²) in [5, 5.41) is 10.9. The highest BCUT2D eigenvalue weighted by Gasteiger charge is 2.16. The van der Waals surface area contributed by atoms with Crippen molar-refractivity contribution in [3.8, 4) is 11.5 Å². The summed E-state index contributed by atoms with van der Waals surface area (Å²) in [6, 6.07) is 12.1. The number of esters is 1. The van der Waals surface area contributed by atoms with Crippen molar-refractivity contribution in [3.63, 3.8) is 0 Å². The third-order valence-electron chi connectivity index (χ3n) is 3.26. The molecule has 0 N–H and O–H groups in total. The average molecular weight is 359 g/mol. The van der Waals surface area contributed by atoms with Crippen LogP contribution in [0.2, 0.25) is 0 Å². The largest absolute Gasteiger partial charge is 0.494 e. The maximum absolute atomic E-state index is 12.0. The van der Waals surface area contributed by atoms with Gasteiger partial charge in [-0.15, -0.1) is 0 Å². The molecule has 8 nitrogen and oxygen atoms in total. The molecule has 26 heavy (non-hydrogen) atoms. The second kappa shape index (κ2) is 9.16. The number of rotatable bonds is 9. The van der Waals surface area contributed by atoms with Gasteiger partial charge in [-0.05, 0) is 37.3 Å². The molecule has 0 fully saturated rings. The Balaban J connectivity index is 1.83. The summed E-state index contributed by atoms with van der Waals surface area (Å²) in [7, 11) is 0. The van der Waals surface area contributed by atoms with Crippen LogP contribution in [0.5, 0.6) is 11.5 Å². The summed E-state index contributed by atoms with van der Waals surface area (Å²) in [5.74, 6) is -0.597. The van der Waals surface area contributed by atoms with E-state index in [1.807, 2.05) is 6.92 Å². The van der Waals surface area contributed by atoms with Crippen LogP contribution in [0.25, 0.3) is 0 Å². The smallest absolute Gasteiger partial charge is 0.344 e. The Morgan fingerprint density at radius 1 is 1.00 bits per heavy atom. The zero-order chi connectivity index (χ0) is 18.9. The molecule has 0 radical (unpaired) electrons. The third-order valence-corrected chi connectivity index (χ3v) is 3.26. The third kappa shape index (κ3) is 5.30. The van der Waals surface area contributed by atoms with Gasteiger partial charge in [-0.1, -0.05) is 12.1 Å². The van der Waals surface area contributed by atoms with E-state index in [1.165, 1.54) is 18.2 Å². The van der Waals surface area contributed by atoms with Crippen LogP contribution in [-0.4, -0.2) is 36.5 Å². The van der Waals surface area contributed by atoms with Gasteiger partial charge in [0.1, 0.15) is 5.75 Å². The molecule has 2 rings (SSSR count). The number of ether oxygens (including phenoxy) is 3. The number of hydrogen-bond acceptors (Lipinski definition) is 7. The lowest BCUT2D eigenvalue weighted by molar-refractivity contribution is -0.385. The van der Waals surface area contributed by atoms with Crippen LogP contribution in [0, 0.1) is 10.1 Å². The fourth-order valence-electron chi connectivity index (χ4n) is 2.04. The zero-order valence-corrected chi connectivity index (χ0v) is 14.0. The molecule has 8 heteroatoms. The number of para-hydroxylation sites is 2. The molecule has 0 saturated carbocycles. The highest BCUT2D eigenvalue weighted by atomic mass is 16.6. The Kier molecular flexibility index (Phi) is 6.67. The SMILES string of the molecule is CCOc1ccc(C(=O)COC(=O)COc2ccccc2[N+](=O)[O-])cc1. The lowest BCUT2D eigenvalue weighted by Crippen LogP contribution is -2.19. The van der Waals surface area contributed by atoms with Gasteiger partial charge in [0.25, 0.3) is 0 Å². The van der Waals surface area contributed by atoms with Crippen molar-refractivity contribution in [1.82, 2.24) is 0 Å². The lowest BCUT2D eigenvalue weighted by atomic mass is 10.1. The van der Waals surface area contributed by atoms with E-state index in [4.69, 9.17) is 14.2 Å². The number of carbonyl (C=O) groups is 2. The number of nitro benzene ring substituents is 1. The van der Waals surface area contributed by atoms with Crippen LogP contribution in [0.4, 0.5) is 5.69 Å². The summed E-state index contributed by atoms with van der Waals surface area (Å²) in [5.41, 5.74) is 0.117. The van der Waals surface area contributed by atoms with Gasteiger partial charge in [0.05, 0.1) is 11.5 Å².